The van der Waals surface area contributed by atoms with Crippen LogP contribution in [0.2, 0.25) is 0 Å². The van der Waals surface area contributed by atoms with E-state index in [2.05, 4.69) is 10.2 Å². The van der Waals surface area contributed by atoms with Crippen molar-refractivity contribution in [1.29, 1.82) is 0 Å². The summed E-state index contributed by atoms with van der Waals surface area (Å²) in [6, 6.07) is 9.80. The Hall–Kier alpha value is -3.40. The maximum atomic E-state index is 15.3. The minimum atomic E-state index is -3.78. The van der Waals surface area contributed by atoms with Crippen LogP contribution in [0.15, 0.2) is 36.4 Å². The van der Waals surface area contributed by atoms with Crippen molar-refractivity contribution in [3.63, 3.8) is 0 Å². The van der Waals surface area contributed by atoms with E-state index in [1.165, 1.54) is 6.07 Å². The van der Waals surface area contributed by atoms with Gasteiger partial charge in [0.2, 0.25) is 5.91 Å². The van der Waals surface area contributed by atoms with Crippen LogP contribution in [-0.2, 0) is 34.0 Å². The van der Waals surface area contributed by atoms with Crippen LogP contribution in [0.4, 0.5) is 10.1 Å². The normalized spacial score (nSPS) is 24.4. The predicted molar refractivity (Wildman–Crippen MR) is 135 cm³/mol. The average Bonchev–Trinajstić information content (AvgIpc) is 3.25. The molecule has 2 aromatic carbocycles. The number of rotatable bonds is 6. The lowest BCUT2D eigenvalue weighted by Gasteiger charge is -2.52. The zero-order valence-electron chi connectivity index (χ0n) is 21.1. The molecule has 0 bridgehead atoms. The number of benzene rings is 2. The van der Waals surface area contributed by atoms with E-state index in [0.717, 1.165) is 12.7 Å². The standard InChI is InChI=1S/C25H28BFN4O8/c26-23(21(33)29-22(34)24(35,36)25(23,37)38)31-13-17-16(20(31)32)5-2-6-18(17)28-11-14-3-1-4-15(19(14)27)12-30-7-9-39-10-8-30/h1-6,28,35-38H,7-13,26H2,(H,29,33,34). The molecular formula is C25H28BFN4O8. The summed E-state index contributed by atoms with van der Waals surface area (Å²) >= 11 is 0. The van der Waals surface area contributed by atoms with Crippen LogP contribution in [0.1, 0.15) is 27.0 Å². The highest BCUT2D eigenvalue weighted by molar-refractivity contribution is 6.34. The predicted octanol–water partition coefficient (Wildman–Crippen LogP) is -2.43. The molecule has 3 heterocycles. The number of nitrogens with zero attached hydrogens (tertiary/aromatic N) is 2. The molecule has 14 heteroatoms. The van der Waals surface area contributed by atoms with Crippen LogP contribution < -0.4 is 10.6 Å². The minimum Gasteiger partial charge on any atom is -0.381 e. The van der Waals surface area contributed by atoms with Gasteiger partial charge < -0.3 is 35.4 Å². The minimum absolute atomic E-state index is 0.0695. The van der Waals surface area contributed by atoms with Crippen molar-refractivity contribution in [2.45, 2.75) is 36.6 Å². The number of hydrogen-bond donors (Lipinski definition) is 6. The summed E-state index contributed by atoms with van der Waals surface area (Å²) in [5.41, 5.74) is -0.803. The zero-order chi connectivity index (χ0) is 28.2. The second kappa shape index (κ2) is 9.66. The molecule has 3 amide bonds. The summed E-state index contributed by atoms with van der Waals surface area (Å²) in [7, 11) is 0.919. The number of nitrogens with one attached hydrogen (secondary N) is 2. The van der Waals surface area contributed by atoms with E-state index in [9.17, 15) is 34.8 Å². The average molecular weight is 542 g/mol. The number of aliphatic hydroxyl groups is 4. The molecule has 1 atom stereocenters. The Balaban J connectivity index is 1.38. The van der Waals surface area contributed by atoms with Gasteiger partial charge in [-0.15, -0.1) is 0 Å². The first-order valence-electron chi connectivity index (χ1n) is 12.4. The third kappa shape index (κ3) is 4.20. The Morgan fingerprint density at radius 3 is 2.38 bits per heavy atom. The Kier molecular flexibility index (Phi) is 6.73. The number of anilines is 1. The molecule has 2 fully saturated rings. The molecule has 0 aromatic heterocycles. The molecule has 6 N–H and O–H groups in total. The monoisotopic (exact) mass is 542 g/mol. The highest BCUT2D eigenvalue weighted by Gasteiger charge is 2.73. The van der Waals surface area contributed by atoms with E-state index in [1.54, 1.807) is 35.6 Å². The van der Waals surface area contributed by atoms with Gasteiger partial charge in [0.05, 0.1) is 13.2 Å². The SMILES string of the molecule is BC1(N2Cc3c(NCc4cccc(CN5CCOCC5)c4F)cccc3C2=O)C(=O)NC(=O)C(O)(O)C1(O)O. The number of imide groups is 1. The van der Waals surface area contributed by atoms with Crippen LogP contribution in [0, 0.1) is 5.82 Å². The maximum Gasteiger partial charge on any atom is 0.303 e. The van der Waals surface area contributed by atoms with Gasteiger partial charge in [-0.3, -0.25) is 24.6 Å². The Labute approximate surface area is 223 Å². The van der Waals surface area contributed by atoms with Crippen molar-refractivity contribution in [3.8, 4) is 0 Å². The lowest BCUT2D eigenvalue weighted by atomic mass is 9.63. The van der Waals surface area contributed by atoms with Crippen LogP contribution in [0.5, 0.6) is 0 Å². The summed E-state index contributed by atoms with van der Waals surface area (Å²) in [5, 5.41) is 46.3. The molecule has 0 aliphatic carbocycles. The van der Waals surface area contributed by atoms with Gasteiger partial charge in [0.1, 0.15) is 11.3 Å². The Bertz CT molecular complexity index is 1350. The lowest BCUT2D eigenvalue weighted by Crippen LogP contribution is -2.86. The van der Waals surface area contributed by atoms with Crippen LogP contribution in [0.3, 0.4) is 0 Å². The number of fused-ring (bicyclic) bond motifs is 1. The van der Waals surface area contributed by atoms with E-state index < -0.39 is 34.7 Å². The Morgan fingerprint density at radius 1 is 1.00 bits per heavy atom. The number of morpholine rings is 1. The number of halogens is 1. The van der Waals surface area contributed by atoms with Gasteiger partial charge >= 0.3 is 5.79 Å². The van der Waals surface area contributed by atoms with Crippen molar-refractivity contribution in [2.75, 3.05) is 31.6 Å². The number of ether oxygens (including phenoxy) is 1. The molecule has 3 aliphatic heterocycles. The highest BCUT2D eigenvalue weighted by Crippen LogP contribution is 2.41. The summed E-state index contributed by atoms with van der Waals surface area (Å²) in [6.07, 6.45) is 0. The molecule has 0 radical (unpaired) electrons. The third-order valence-corrected chi connectivity index (χ3v) is 7.78. The molecule has 1 unspecified atom stereocenters. The second-order valence-electron chi connectivity index (χ2n) is 10.1. The number of carbonyl (C=O) groups is 3. The molecular weight excluding hydrogens is 514 g/mol. The molecule has 5 rings (SSSR count). The zero-order valence-corrected chi connectivity index (χ0v) is 21.1. The van der Waals surface area contributed by atoms with Gasteiger partial charge in [-0.25, -0.2) is 4.39 Å². The molecule has 12 nitrogen and oxygen atoms in total. The summed E-state index contributed by atoms with van der Waals surface area (Å²) in [4.78, 5) is 40.8. The quantitative estimate of drug-likeness (QED) is 0.131. The van der Waals surface area contributed by atoms with Crippen LogP contribution in [-0.4, -0.2) is 99.1 Å². The topological polar surface area (TPSA) is 172 Å². The van der Waals surface area contributed by atoms with E-state index in [1.807, 2.05) is 0 Å². The van der Waals surface area contributed by atoms with Crippen molar-refractivity contribution in [1.82, 2.24) is 15.1 Å². The number of carbonyl (C=O) groups excluding carboxylic acids is 3. The molecule has 2 aromatic rings. The maximum absolute atomic E-state index is 15.3. The van der Waals surface area contributed by atoms with Gasteiger partial charge in [0, 0.05) is 60.7 Å². The first-order valence-corrected chi connectivity index (χ1v) is 12.4. The van der Waals surface area contributed by atoms with Gasteiger partial charge in [0.15, 0.2) is 7.85 Å². The molecule has 0 saturated carbocycles. The fourth-order valence-corrected chi connectivity index (χ4v) is 5.22. The van der Waals surface area contributed by atoms with E-state index in [-0.39, 0.29) is 24.5 Å². The molecule has 0 spiro atoms. The number of piperidine rings is 1. The first-order chi connectivity index (χ1) is 18.4. The molecule has 3 aliphatic rings. The summed E-state index contributed by atoms with van der Waals surface area (Å²) in [5.74, 6) is -11.7. The van der Waals surface area contributed by atoms with Crippen molar-refractivity contribution >= 4 is 31.3 Å². The van der Waals surface area contributed by atoms with Gasteiger partial charge in [-0.1, -0.05) is 24.3 Å². The third-order valence-electron chi connectivity index (χ3n) is 7.78. The summed E-state index contributed by atoms with van der Waals surface area (Å²) in [6.45, 7) is 2.79. The Morgan fingerprint density at radius 2 is 1.67 bits per heavy atom. The van der Waals surface area contributed by atoms with Gasteiger partial charge in [0.25, 0.3) is 17.6 Å². The molecule has 206 valence electrons. The number of amides is 3. The van der Waals surface area contributed by atoms with E-state index >= 15 is 4.39 Å². The van der Waals surface area contributed by atoms with E-state index in [4.69, 9.17) is 4.74 Å². The van der Waals surface area contributed by atoms with Crippen molar-refractivity contribution in [2.24, 2.45) is 0 Å². The molecule has 39 heavy (non-hydrogen) atoms. The van der Waals surface area contributed by atoms with Gasteiger partial charge in [-0.2, -0.15) is 0 Å². The van der Waals surface area contributed by atoms with Gasteiger partial charge in [-0.05, 0) is 12.1 Å². The smallest absolute Gasteiger partial charge is 0.303 e. The molecule has 2 saturated heterocycles. The largest absolute Gasteiger partial charge is 0.381 e. The van der Waals surface area contributed by atoms with Crippen molar-refractivity contribution in [3.05, 3.63) is 64.5 Å². The number of hydrogen-bond acceptors (Lipinski definition) is 10. The highest BCUT2D eigenvalue weighted by atomic mass is 19.1. The van der Waals surface area contributed by atoms with E-state index in [0.29, 0.717) is 55.2 Å². The van der Waals surface area contributed by atoms with Crippen molar-refractivity contribution < 1.29 is 43.9 Å². The first kappa shape index (κ1) is 27.2. The summed E-state index contributed by atoms with van der Waals surface area (Å²) < 4.78 is 20.7. The second-order valence-corrected chi connectivity index (χ2v) is 10.1. The fourth-order valence-electron chi connectivity index (χ4n) is 5.22. The van der Waals surface area contributed by atoms with Crippen LogP contribution >= 0.6 is 0 Å². The fraction of sp³-hybridized carbons (Fsp3) is 0.400. The lowest BCUT2D eigenvalue weighted by molar-refractivity contribution is -0.362. The van der Waals surface area contributed by atoms with Crippen LogP contribution in [0.25, 0.3) is 0 Å².